The maximum Gasteiger partial charge on any atom is 0.244 e. The van der Waals surface area contributed by atoms with E-state index in [0.29, 0.717) is 24.2 Å². The van der Waals surface area contributed by atoms with E-state index in [1.54, 1.807) is 13.0 Å². The van der Waals surface area contributed by atoms with Crippen molar-refractivity contribution in [2.24, 2.45) is 10.9 Å². The van der Waals surface area contributed by atoms with Gasteiger partial charge in [-0.05, 0) is 63.6 Å². The van der Waals surface area contributed by atoms with Crippen molar-refractivity contribution in [3.63, 3.8) is 0 Å². The van der Waals surface area contributed by atoms with Gasteiger partial charge in [0.15, 0.2) is 5.96 Å². The molecule has 1 amide bonds. The SMILES string of the molecule is CCNC(=NCC(=O)N1CCC(Cc2ccccc2)CC1)NCC(C)(O)c1ccc(C)o1.I. The molecule has 0 radical (unpaired) electrons. The lowest BCUT2D eigenvalue weighted by atomic mass is 9.90. The van der Waals surface area contributed by atoms with Crippen molar-refractivity contribution >= 4 is 35.8 Å². The van der Waals surface area contributed by atoms with Gasteiger partial charge in [0.25, 0.3) is 0 Å². The van der Waals surface area contributed by atoms with Crippen LogP contribution in [0, 0.1) is 12.8 Å². The molecule has 0 aliphatic carbocycles. The number of likely N-dealkylation sites (tertiary alicyclic amines) is 1. The number of aliphatic hydroxyl groups is 1. The number of rotatable bonds is 8. The number of aliphatic imine (C=N–C) groups is 1. The Labute approximate surface area is 214 Å². The maximum absolute atomic E-state index is 12.7. The van der Waals surface area contributed by atoms with Crippen molar-refractivity contribution in [1.29, 1.82) is 0 Å². The Kier molecular flexibility index (Phi) is 10.7. The smallest absolute Gasteiger partial charge is 0.244 e. The van der Waals surface area contributed by atoms with Crippen molar-refractivity contribution in [3.05, 3.63) is 59.5 Å². The van der Waals surface area contributed by atoms with E-state index in [-0.39, 0.29) is 43.0 Å². The fourth-order valence-electron chi connectivity index (χ4n) is 3.99. The van der Waals surface area contributed by atoms with E-state index >= 15 is 0 Å². The van der Waals surface area contributed by atoms with Crippen LogP contribution in [0.15, 0.2) is 51.9 Å². The van der Waals surface area contributed by atoms with Crippen LogP contribution >= 0.6 is 24.0 Å². The third-order valence-electron chi connectivity index (χ3n) is 5.92. The van der Waals surface area contributed by atoms with E-state index in [0.717, 1.165) is 38.1 Å². The van der Waals surface area contributed by atoms with Gasteiger partial charge in [0.2, 0.25) is 5.91 Å². The number of hydrogen-bond donors (Lipinski definition) is 3. The van der Waals surface area contributed by atoms with Gasteiger partial charge in [-0.1, -0.05) is 30.3 Å². The number of guanidine groups is 1. The molecule has 3 rings (SSSR count). The highest BCUT2D eigenvalue weighted by Crippen LogP contribution is 2.23. The van der Waals surface area contributed by atoms with Gasteiger partial charge in [0.1, 0.15) is 23.7 Å². The molecule has 0 bridgehead atoms. The standard InChI is InChI=1S/C25H36N4O3.HI/c1-4-26-24(28-18-25(3,31)22-11-10-19(2)32-22)27-17-23(30)29-14-12-21(13-15-29)16-20-8-6-5-7-9-20;/h5-11,21,31H,4,12-18H2,1-3H3,(H2,26,27,28);1H. The number of halogens is 1. The molecular formula is C25H37IN4O3. The molecule has 33 heavy (non-hydrogen) atoms. The van der Waals surface area contributed by atoms with Crippen molar-refractivity contribution in [2.75, 3.05) is 32.7 Å². The summed E-state index contributed by atoms with van der Waals surface area (Å²) in [6, 6.07) is 14.1. The second-order valence-electron chi connectivity index (χ2n) is 8.75. The van der Waals surface area contributed by atoms with E-state index in [2.05, 4.69) is 39.9 Å². The number of nitrogens with one attached hydrogen (secondary N) is 2. The topological polar surface area (TPSA) is 90.1 Å². The molecular weight excluding hydrogens is 531 g/mol. The summed E-state index contributed by atoms with van der Waals surface area (Å²) in [5, 5.41) is 17.0. The number of nitrogens with zero attached hydrogens (tertiary/aromatic N) is 2. The number of furan rings is 1. The average Bonchev–Trinajstić information content (AvgIpc) is 3.24. The van der Waals surface area contributed by atoms with E-state index in [4.69, 9.17) is 4.42 Å². The highest BCUT2D eigenvalue weighted by molar-refractivity contribution is 14.0. The zero-order valence-corrected chi connectivity index (χ0v) is 22.2. The van der Waals surface area contributed by atoms with Crippen molar-refractivity contribution in [1.82, 2.24) is 15.5 Å². The Hall–Kier alpha value is -2.07. The van der Waals surface area contributed by atoms with E-state index in [1.165, 1.54) is 5.56 Å². The van der Waals surface area contributed by atoms with Gasteiger partial charge in [0.05, 0.1) is 6.54 Å². The summed E-state index contributed by atoms with van der Waals surface area (Å²) < 4.78 is 5.55. The minimum absolute atomic E-state index is 0. The summed E-state index contributed by atoms with van der Waals surface area (Å²) in [4.78, 5) is 19.0. The Morgan fingerprint density at radius 2 is 1.88 bits per heavy atom. The number of carbonyl (C=O) groups is 1. The van der Waals surface area contributed by atoms with Gasteiger partial charge in [-0.2, -0.15) is 0 Å². The zero-order chi connectivity index (χ0) is 23.0. The summed E-state index contributed by atoms with van der Waals surface area (Å²) >= 11 is 0. The minimum atomic E-state index is -1.19. The Bertz CT molecular complexity index is 890. The molecule has 182 valence electrons. The van der Waals surface area contributed by atoms with Crippen LogP contribution in [0.3, 0.4) is 0 Å². The first kappa shape index (κ1) is 27.2. The lowest BCUT2D eigenvalue weighted by Gasteiger charge is -2.32. The second-order valence-corrected chi connectivity index (χ2v) is 8.75. The molecule has 7 nitrogen and oxygen atoms in total. The molecule has 2 aromatic rings. The highest BCUT2D eigenvalue weighted by Gasteiger charge is 2.27. The van der Waals surface area contributed by atoms with Crippen LogP contribution in [0.25, 0.3) is 0 Å². The average molecular weight is 569 g/mol. The summed E-state index contributed by atoms with van der Waals surface area (Å²) in [5.74, 6) is 2.40. The van der Waals surface area contributed by atoms with Gasteiger partial charge < -0.3 is 25.1 Å². The molecule has 1 aromatic carbocycles. The fraction of sp³-hybridized carbons (Fsp3) is 0.520. The van der Waals surface area contributed by atoms with Gasteiger partial charge in [0, 0.05) is 19.6 Å². The monoisotopic (exact) mass is 568 g/mol. The van der Waals surface area contributed by atoms with Crippen molar-refractivity contribution in [2.45, 2.75) is 45.6 Å². The Morgan fingerprint density at radius 3 is 2.48 bits per heavy atom. The largest absolute Gasteiger partial charge is 0.463 e. The number of carbonyl (C=O) groups excluding carboxylic acids is 1. The second kappa shape index (κ2) is 13.0. The molecule has 1 aliphatic heterocycles. The Balaban J connectivity index is 0.00000385. The van der Waals surface area contributed by atoms with Crippen LogP contribution in [0.5, 0.6) is 0 Å². The van der Waals surface area contributed by atoms with Gasteiger partial charge in [-0.25, -0.2) is 4.99 Å². The first-order valence-electron chi connectivity index (χ1n) is 11.5. The molecule has 0 spiro atoms. The molecule has 3 N–H and O–H groups in total. The number of amides is 1. The van der Waals surface area contributed by atoms with Crippen LogP contribution in [-0.4, -0.2) is 54.6 Å². The maximum atomic E-state index is 12.7. The third-order valence-corrected chi connectivity index (χ3v) is 5.92. The van der Waals surface area contributed by atoms with E-state index in [1.807, 2.05) is 30.9 Å². The lowest BCUT2D eigenvalue weighted by molar-refractivity contribution is -0.130. The fourth-order valence-corrected chi connectivity index (χ4v) is 3.99. The summed E-state index contributed by atoms with van der Waals surface area (Å²) in [7, 11) is 0. The first-order chi connectivity index (χ1) is 15.4. The summed E-state index contributed by atoms with van der Waals surface area (Å²) in [5.41, 5.74) is 0.179. The number of benzene rings is 1. The molecule has 1 aliphatic rings. The van der Waals surface area contributed by atoms with Crippen LogP contribution in [0.2, 0.25) is 0 Å². The minimum Gasteiger partial charge on any atom is -0.463 e. The van der Waals surface area contributed by atoms with Crippen LogP contribution in [0.1, 0.15) is 43.8 Å². The highest BCUT2D eigenvalue weighted by atomic mass is 127. The van der Waals surface area contributed by atoms with Gasteiger partial charge >= 0.3 is 0 Å². The zero-order valence-electron chi connectivity index (χ0n) is 19.8. The number of piperidine rings is 1. The lowest BCUT2D eigenvalue weighted by Crippen LogP contribution is -2.45. The van der Waals surface area contributed by atoms with Crippen LogP contribution in [-0.2, 0) is 16.8 Å². The summed E-state index contributed by atoms with van der Waals surface area (Å²) in [6.45, 7) is 8.01. The predicted octanol–water partition coefficient (Wildman–Crippen LogP) is 3.45. The summed E-state index contributed by atoms with van der Waals surface area (Å²) in [6.07, 6.45) is 3.12. The molecule has 8 heteroatoms. The molecule has 2 heterocycles. The number of hydrogen-bond acceptors (Lipinski definition) is 4. The van der Waals surface area contributed by atoms with Crippen LogP contribution in [0.4, 0.5) is 0 Å². The molecule has 1 aromatic heterocycles. The number of aryl methyl sites for hydroxylation is 1. The Morgan fingerprint density at radius 1 is 1.18 bits per heavy atom. The first-order valence-corrected chi connectivity index (χ1v) is 11.5. The van der Waals surface area contributed by atoms with Crippen LogP contribution < -0.4 is 10.6 Å². The molecule has 1 unspecified atom stereocenters. The molecule has 1 atom stereocenters. The van der Waals surface area contributed by atoms with Crippen molar-refractivity contribution < 1.29 is 14.3 Å². The predicted molar refractivity (Wildman–Crippen MR) is 142 cm³/mol. The van der Waals surface area contributed by atoms with Crippen molar-refractivity contribution in [3.8, 4) is 0 Å². The van der Waals surface area contributed by atoms with E-state index < -0.39 is 5.60 Å². The van der Waals surface area contributed by atoms with Gasteiger partial charge in [-0.15, -0.1) is 24.0 Å². The quantitative estimate of drug-likeness (QED) is 0.258. The molecule has 0 saturated carbocycles. The van der Waals surface area contributed by atoms with E-state index in [9.17, 15) is 9.90 Å². The normalized spacial score (nSPS) is 16.6. The van der Waals surface area contributed by atoms with Gasteiger partial charge in [-0.3, -0.25) is 4.79 Å². The third kappa shape index (κ3) is 8.33. The molecule has 1 saturated heterocycles. The molecule has 1 fully saturated rings.